The van der Waals surface area contributed by atoms with E-state index in [2.05, 4.69) is 11.4 Å². The number of hydrogen-bond donors (Lipinski definition) is 1. The van der Waals surface area contributed by atoms with Crippen LogP contribution in [-0.4, -0.2) is 4.92 Å². The second-order valence-electron chi connectivity index (χ2n) is 4.97. The summed E-state index contributed by atoms with van der Waals surface area (Å²) in [6.07, 6.45) is 3.52. The van der Waals surface area contributed by atoms with Gasteiger partial charge >= 0.3 is 0 Å². The quantitative estimate of drug-likeness (QED) is 0.690. The zero-order chi connectivity index (χ0) is 14.8. The van der Waals surface area contributed by atoms with E-state index in [4.69, 9.17) is 5.26 Å². The summed E-state index contributed by atoms with van der Waals surface area (Å²) in [5, 5.41) is 23.0. The Morgan fingerprint density at radius 3 is 2.95 bits per heavy atom. The number of nitro groups is 1. The molecular formula is C15H13N3O2S. The topological polar surface area (TPSA) is 79.0 Å². The average molecular weight is 299 g/mol. The van der Waals surface area contributed by atoms with Crippen LogP contribution in [0.4, 0.5) is 11.4 Å². The third-order valence-corrected chi connectivity index (χ3v) is 4.81. The number of hydrogen-bond acceptors (Lipinski definition) is 5. The van der Waals surface area contributed by atoms with Crippen LogP contribution in [0, 0.1) is 21.4 Å². The molecule has 0 atom stereocenters. The normalized spacial score (nSPS) is 12.7. The maximum atomic E-state index is 11.1. The molecule has 1 N–H and O–H groups in total. The van der Waals surface area contributed by atoms with Gasteiger partial charge in [-0.25, -0.2) is 0 Å². The van der Waals surface area contributed by atoms with Gasteiger partial charge in [0.15, 0.2) is 0 Å². The number of nitrogens with zero attached hydrogens (tertiary/aromatic N) is 2. The third-order valence-electron chi connectivity index (χ3n) is 3.57. The van der Waals surface area contributed by atoms with Gasteiger partial charge in [-0.05, 0) is 43.0 Å². The molecule has 0 bridgehead atoms. The van der Waals surface area contributed by atoms with Crippen molar-refractivity contribution in [3.63, 3.8) is 0 Å². The number of nitro benzene ring substituents is 1. The molecule has 3 rings (SSSR count). The summed E-state index contributed by atoms with van der Waals surface area (Å²) in [6, 6.07) is 8.59. The number of nitriles is 1. The van der Waals surface area contributed by atoms with E-state index >= 15 is 0 Å². The maximum absolute atomic E-state index is 11.1. The number of nitrogens with one attached hydrogen (secondary N) is 1. The van der Waals surface area contributed by atoms with Crippen molar-refractivity contribution in [3.8, 4) is 6.07 Å². The van der Waals surface area contributed by atoms with Gasteiger partial charge in [0.2, 0.25) is 0 Å². The van der Waals surface area contributed by atoms with Gasteiger partial charge in [0.25, 0.3) is 5.69 Å². The van der Waals surface area contributed by atoms with Crippen LogP contribution in [-0.2, 0) is 19.4 Å². The summed E-state index contributed by atoms with van der Waals surface area (Å²) >= 11 is 1.78. The van der Waals surface area contributed by atoms with Gasteiger partial charge in [-0.2, -0.15) is 5.26 Å². The van der Waals surface area contributed by atoms with Gasteiger partial charge in [-0.3, -0.25) is 10.1 Å². The lowest BCUT2D eigenvalue weighted by Crippen LogP contribution is -2.02. The molecule has 21 heavy (non-hydrogen) atoms. The van der Waals surface area contributed by atoms with Gasteiger partial charge in [0, 0.05) is 22.4 Å². The zero-order valence-corrected chi connectivity index (χ0v) is 12.1. The highest BCUT2D eigenvalue weighted by Gasteiger charge is 2.17. The minimum atomic E-state index is -0.461. The first kappa shape index (κ1) is 13.6. The molecule has 0 radical (unpaired) electrons. The summed E-state index contributed by atoms with van der Waals surface area (Å²) in [7, 11) is 0. The van der Waals surface area contributed by atoms with Crippen molar-refractivity contribution in [3.05, 3.63) is 55.3 Å². The van der Waals surface area contributed by atoms with E-state index in [9.17, 15) is 10.1 Å². The van der Waals surface area contributed by atoms with Gasteiger partial charge in [-0.15, -0.1) is 11.3 Å². The standard InChI is InChI=1S/C15H13N3O2S/c16-8-10-4-5-13(14(6-10)18(19)20)17-9-12-7-11-2-1-3-15(11)21-12/h4-7,17H,1-3,9H2. The molecule has 0 saturated heterocycles. The molecule has 1 aromatic heterocycles. The number of aryl methyl sites for hydroxylation is 2. The molecule has 0 fully saturated rings. The molecule has 0 amide bonds. The minimum Gasteiger partial charge on any atom is -0.375 e. The lowest BCUT2D eigenvalue weighted by atomic mass is 10.2. The Balaban J connectivity index is 1.78. The maximum Gasteiger partial charge on any atom is 0.293 e. The molecule has 5 nitrogen and oxygen atoms in total. The first-order chi connectivity index (χ1) is 10.2. The van der Waals surface area contributed by atoms with Crippen LogP contribution in [0.3, 0.4) is 0 Å². The van der Waals surface area contributed by atoms with Crippen molar-refractivity contribution in [1.82, 2.24) is 0 Å². The van der Waals surface area contributed by atoms with Crippen molar-refractivity contribution in [2.75, 3.05) is 5.32 Å². The molecular weight excluding hydrogens is 286 g/mol. The molecule has 0 unspecified atom stereocenters. The van der Waals surface area contributed by atoms with Crippen molar-refractivity contribution < 1.29 is 4.92 Å². The largest absolute Gasteiger partial charge is 0.375 e. The number of fused-ring (bicyclic) bond motifs is 1. The summed E-state index contributed by atoms with van der Waals surface area (Å²) < 4.78 is 0. The lowest BCUT2D eigenvalue weighted by Gasteiger charge is -2.06. The molecule has 0 spiro atoms. The molecule has 0 aliphatic heterocycles. The van der Waals surface area contributed by atoms with E-state index in [1.165, 1.54) is 27.8 Å². The highest BCUT2D eigenvalue weighted by Crippen LogP contribution is 2.32. The molecule has 2 aromatic rings. The van der Waals surface area contributed by atoms with Crippen LogP contribution in [0.25, 0.3) is 0 Å². The van der Waals surface area contributed by atoms with Crippen molar-refractivity contribution in [2.24, 2.45) is 0 Å². The Morgan fingerprint density at radius 1 is 1.38 bits per heavy atom. The predicted octanol–water partition coefficient (Wildman–Crippen LogP) is 3.63. The Morgan fingerprint density at radius 2 is 2.24 bits per heavy atom. The van der Waals surface area contributed by atoms with Gasteiger partial charge in [-0.1, -0.05) is 0 Å². The van der Waals surface area contributed by atoms with Gasteiger partial charge in [0.1, 0.15) is 5.69 Å². The van der Waals surface area contributed by atoms with Crippen LogP contribution in [0.1, 0.15) is 27.3 Å². The second kappa shape index (κ2) is 5.54. The van der Waals surface area contributed by atoms with Gasteiger partial charge in [0.05, 0.1) is 16.6 Å². The molecule has 0 saturated carbocycles. The summed E-state index contributed by atoms with van der Waals surface area (Å²) in [4.78, 5) is 13.3. The minimum absolute atomic E-state index is 0.0573. The van der Waals surface area contributed by atoms with E-state index in [-0.39, 0.29) is 5.69 Å². The second-order valence-corrected chi connectivity index (χ2v) is 6.19. The van der Waals surface area contributed by atoms with Crippen LogP contribution >= 0.6 is 11.3 Å². The van der Waals surface area contributed by atoms with E-state index in [1.54, 1.807) is 23.5 Å². The van der Waals surface area contributed by atoms with Crippen LogP contribution in [0.2, 0.25) is 0 Å². The number of anilines is 1. The monoisotopic (exact) mass is 299 g/mol. The zero-order valence-electron chi connectivity index (χ0n) is 11.3. The summed E-state index contributed by atoms with van der Waals surface area (Å²) in [5.74, 6) is 0. The Labute approximate surface area is 126 Å². The molecule has 106 valence electrons. The van der Waals surface area contributed by atoms with E-state index in [0.29, 0.717) is 17.8 Å². The highest BCUT2D eigenvalue weighted by molar-refractivity contribution is 7.12. The Kier molecular flexibility index (Phi) is 3.59. The smallest absolute Gasteiger partial charge is 0.293 e. The van der Waals surface area contributed by atoms with Gasteiger partial charge < -0.3 is 5.32 Å². The van der Waals surface area contributed by atoms with Crippen LogP contribution in [0.15, 0.2) is 24.3 Å². The summed E-state index contributed by atoms with van der Waals surface area (Å²) in [5.41, 5.74) is 2.11. The number of benzene rings is 1. The SMILES string of the molecule is N#Cc1ccc(NCc2cc3c(s2)CCC3)c([N+](=O)[O-])c1. The van der Waals surface area contributed by atoms with Crippen molar-refractivity contribution >= 4 is 22.7 Å². The van der Waals surface area contributed by atoms with Crippen molar-refractivity contribution in [2.45, 2.75) is 25.8 Å². The first-order valence-corrected chi connectivity index (χ1v) is 7.52. The number of rotatable bonds is 4. The fourth-order valence-corrected chi connectivity index (χ4v) is 3.76. The predicted molar refractivity (Wildman–Crippen MR) is 81.5 cm³/mol. The van der Waals surface area contributed by atoms with E-state index in [1.807, 2.05) is 6.07 Å². The lowest BCUT2D eigenvalue weighted by molar-refractivity contribution is -0.384. The highest BCUT2D eigenvalue weighted by atomic mass is 32.1. The molecule has 6 heteroatoms. The average Bonchev–Trinajstić information content (AvgIpc) is 3.05. The fourth-order valence-electron chi connectivity index (χ4n) is 2.56. The Bertz CT molecular complexity index is 724. The Hall–Kier alpha value is -2.39. The first-order valence-electron chi connectivity index (χ1n) is 6.70. The molecule has 1 heterocycles. The molecule has 1 aliphatic carbocycles. The van der Waals surface area contributed by atoms with Crippen LogP contribution < -0.4 is 5.32 Å². The molecule has 1 aliphatic rings. The van der Waals surface area contributed by atoms with E-state index < -0.39 is 4.92 Å². The molecule has 1 aromatic carbocycles. The number of thiophene rings is 1. The summed E-state index contributed by atoms with van der Waals surface area (Å²) in [6.45, 7) is 0.574. The van der Waals surface area contributed by atoms with Crippen LogP contribution in [0.5, 0.6) is 0 Å². The van der Waals surface area contributed by atoms with Crippen molar-refractivity contribution in [1.29, 1.82) is 5.26 Å². The van der Waals surface area contributed by atoms with E-state index in [0.717, 1.165) is 12.8 Å². The fraction of sp³-hybridized carbons (Fsp3) is 0.267. The third kappa shape index (κ3) is 2.73.